The van der Waals surface area contributed by atoms with Crippen molar-refractivity contribution in [2.45, 2.75) is 12.5 Å². The summed E-state index contributed by atoms with van der Waals surface area (Å²) in [6.45, 7) is 0. The Morgan fingerprint density at radius 3 is 2.28 bits per heavy atom. The predicted octanol–water partition coefficient (Wildman–Crippen LogP) is 5.44. The van der Waals surface area contributed by atoms with Gasteiger partial charge in [0.2, 0.25) is 0 Å². The zero-order valence-electron chi connectivity index (χ0n) is 16.2. The first-order chi connectivity index (χ1) is 14.2. The molecule has 1 atom stereocenters. The van der Waals surface area contributed by atoms with Crippen LogP contribution in [0.4, 0.5) is 5.69 Å². The van der Waals surface area contributed by atoms with Gasteiger partial charge in [-0.1, -0.05) is 48.5 Å². The maximum atomic E-state index is 12.5. The second kappa shape index (κ2) is 8.57. The molecule has 0 aliphatic carbocycles. The topological polar surface area (TPSA) is 41.9 Å². The van der Waals surface area contributed by atoms with Crippen molar-refractivity contribution in [3.8, 4) is 5.75 Å². The number of hydrogen-bond donors (Lipinski definition) is 0. The average Bonchev–Trinajstić information content (AvgIpc) is 3.23. The van der Waals surface area contributed by atoms with Gasteiger partial charge in [-0.25, -0.2) is 0 Å². The summed E-state index contributed by atoms with van der Waals surface area (Å²) in [5, 5.41) is 6.83. The first-order valence-corrected chi connectivity index (χ1v) is 9.58. The summed E-state index contributed by atoms with van der Waals surface area (Å²) in [6.07, 6.45) is 4.16. The normalized spacial score (nSPS) is 16.1. The van der Waals surface area contributed by atoms with Crippen LogP contribution in [0, 0.1) is 0 Å². The molecule has 0 bridgehead atoms. The van der Waals surface area contributed by atoms with Crippen LogP contribution in [0.1, 0.15) is 28.4 Å². The standard InChI is InChI=1S/C25H22N2O2/c1-29-23-15-12-20(13-16-23)25(28)17-14-21-18-24(19-8-4-2-5-9-19)27(26-21)22-10-6-3-7-11-22/h2-17,24H,18H2,1H3/b17-14+. The number of hydrazone groups is 1. The number of allylic oxidation sites excluding steroid dienone is 2. The maximum absolute atomic E-state index is 12.5. The van der Waals surface area contributed by atoms with Crippen molar-refractivity contribution < 1.29 is 9.53 Å². The molecule has 1 aliphatic rings. The van der Waals surface area contributed by atoms with Crippen molar-refractivity contribution in [3.63, 3.8) is 0 Å². The first-order valence-electron chi connectivity index (χ1n) is 9.58. The van der Waals surface area contributed by atoms with Crippen LogP contribution in [-0.4, -0.2) is 18.6 Å². The Morgan fingerprint density at radius 2 is 1.62 bits per heavy atom. The van der Waals surface area contributed by atoms with Gasteiger partial charge in [0, 0.05) is 12.0 Å². The Balaban J connectivity index is 1.56. The molecule has 0 fully saturated rings. The number of anilines is 1. The average molecular weight is 382 g/mol. The number of ether oxygens (including phenoxy) is 1. The summed E-state index contributed by atoms with van der Waals surface area (Å²) >= 11 is 0. The molecular formula is C25H22N2O2. The molecule has 1 heterocycles. The van der Waals surface area contributed by atoms with Crippen LogP contribution in [0.2, 0.25) is 0 Å². The van der Waals surface area contributed by atoms with E-state index in [0.717, 1.165) is 23.6 Å². The largest absolute Gasteiger partial charge is 0.497 e. The minimum Gasteiger partial charge on any atom is -0.497 e. The highest BCUT2D eigenvalue weighted by Gasteiger charge is 2.28. The number of nitrogens with zero attached hydrogens (tertiary/aromatic N) is 2. The van der Waals surface area contributed by atoms with E-state index in [0.29, 0.717) is 5.56 Å². The van der Waals surface area contributed by atoms with Crippen molar-refractivity contribution in [2.24, 2.45) is 5.10 Å². The van der Waals surface area contributed by atoms with Gasteiger partial charge in [0.15, 0.2) is 5.78 Å². The van der Waals surface area contributed by atoms with E-state index in [1.165, 1.54) is 5.56 Å². The lowest BCUT2D eigenvalue weighted by molar-refractivity contribution is 0.104. The van der Waals surface area contributed by atoms with E-state index in [2.05, 4.69) is 24.3 Å². The molecule has 0 saturated heterocycles. The van der Waals surface area contributed by atoms with Crippen molar-refractivity contribution in [2.75, 3.05) is 12.1 Å². The second-order valence-electron chi connectivity index (χ2n) is 6.83. The fourth-order valence-electron chi connectivity index (χ4n) is 3.41. The Hall–Kier alpha value is -3.66. The lowest BCUT2D eigenvalue weighted by atomic mass is 10.0. The van der Waals surface area contributed by atoms with E-state index in [1.807, 2.05) is 47.5 Å². The third kappa shape index (κ3) is 4.27. The van der Waals surface area contributed by atoms with Crippen LogP contribution in [0.25, 0.3) is 0 Å². The summed E-state index contributed by atoms with van der Waals surface area (Å²) in [7, 11) is 1.61. The summed E-state index contributed by atoms with van der Waals surface area (Å²) in [5.41, 5.74) is 3.74. The molecule has 3 aromatic rings. The number of rotatable bonds is 6. The van der Waals surface area contributed by atoms with Gasteiger partial charge in [0.05, 0.1) is 24.6 Å². The van der Waals surface area contributed by atoms with Gasteiger partial charge < -0.3 is 4.74 Å². The Kier molecular flexibility index (Phi) is 5.52. The van der Waals surface area contributed by atoms with Crippen molar-refractivity contribution in [1.82, 2.24) is 0 Å². The lowest BCUT2D eigenvalue weighted by Gasteiger charge is -2.23. The second-order valence-corrected chi connectivity index (χ2v) is 6.83. The third-order valence-electron chi connectivity index (χ3n) is 4.94. The van der Waals surface area contributed by atoms with Crippen LogP contribution in [-0.2, 0) is 0 Å². The first kappa shape index (κ1) is 18.7. The number of methoxy groups -OCH3 is 1. The van der Waals surface area contributed by atoms with Crippen LogP contribution >= 0.6 is 0 Å². The number of hydrogen-bond acceptors (Lipinski definition) is 4. The number of ketones is 1. The minimum atomic E-state index is -0.0511. The number of carbonyl (C=O) groups is 1. The lowest BCUT2D eigenvalue weighted by Crippen LogP contribution is -2.18. The molecule has 144 valence electrons. The molecule has 1 unspecified atom stereocenters. The zero-order chi connectivity index (χ0) is 20.1. The van der Waals surface area contributed by atoms with E-state index in [4.69, 9.17) is 9.84 Å². The van der Waals surface area contributed by atoms with Crippen molar-refractivity contribution in [1.29, 1.82) is 0 Å². The molecule has 1 aliphatic heterocycles. The molecule has 0 spiro atoms. The fourth-order valence-corrected chi connectivity index (χ4v) is 3.41. The quantitative estimate of drug-likeness (QED) is 0.421. The molecule has 0 saturated carbocycles. The van der Waals surface area contributed by atoms with Crippen LogP contribution in [0.5, 0.6) is 5.75 Å². The molecule has 0 aromatic heterocycles. The molecule has 0 radical (unpaired) electrons. The smallest absolute Gasteiger partial charge is 0.185 e. The summed E-state index contributed by atoms with van der Waals surface area (Å²) in [4.78, 5) is 12.5. The van der Waals surface area contributed by atoms with E-state index in [9.17, 15) is 4.79 Å². The van der Waals surface area contributed by atoms with Crippen LogP contribution in [0.15, 0.2) is 102 Å². The van der Waals surface area contributed by atoms with Crippen LogP contribution in [0.3, 0.4) is 0 Å². The number of carbonyl (C=O) groups excluding carboxylic acids is 1. The van der Waals surface area contributed by atoms with Gasteiger partial charge in [-0.15, -0.1) is 0 Å². The summed E-state index contributed by atoms with van der Waals surface area (Å²) < 4.78 is 5.14. The Labute approximate surface area is 170 Å². The van der Waals surface area contributed by atoms with E-state index < -0.39 is 0 Å². The zero-order valence-corrected chi connectivity index (χ0v) is 16.2. The number of benzene rings is 3. The van der Waals surface area contributed by atoms with Crippen molar-refractivity contribution >= 4 is 17.2 Å². The summed E-state index contributed by atoms with van der Waals surface area (Å²) in [6, 6.07) is 27.7. The van der Waals surface area contributed by atoms with Crippen molar-refractivity contribution in [3.05, 3.63) is 108 Å². The minimum absolute atomic E-state index is 0.0511. The molecule has 3 aromatic carbocycles. The molecule has 4 nitrogen and oxygen atoms in total. The highest BCUT2D eigenvalue weighted by Crippen LogP contribution is 2.35. The van der Waals surface area contributed by atoms with Gasteiger partial charge in [-0.3, -0.25) is 9.80 Å². The molecule has 4 heteroatoms. The molecule has 0 N–H and O–H groups in total. The highest BCUT2D eigenvalue weighted by atomic mass is 16.5. The summed E-state index contributed by atoms with van der Waals surface area (Å²) in [5.74, 6) is 0.680. The van der Waals surface area contributed by atoms with Gasteiger partial charge in [0.25, 0.3) is 0 Å². The molecule has 4 rings (SSSR count). The molecule has 0 amide bonds. The number of para-hydroxylation sites is 1. The van der Waals surface area contributed by atoms with E-state index >= 15 is 0 Å². The molecular weight excluding hydrogens is 360 g/mol. The third-order valence-corrected chi connectivity index (χ3v) is 4.94. The van der Waals surface area contributed by atoms with Gasteiger partial charge in [-0.2, -0.15) is 5.10 Å². The van der Waals surface area contributed by atoms with Gasteiger partial charge >= 0.3 is 0 Å². The van der Waals surface area contributed by atoms with E-state index in [-0.39, 0.29) is 11.8 Å². The maximum Gasteiger partial charge on any atom is 0.185 e. The fraction of sp³-hybridized carbons (Fsp3) is 0.120. The van der Waals surface area contributed by atoms with E-state index in [1.54, 1.807) is 37.5 Å². The Bertz CT molecular complexity index is 1030. The van der Waals surface area contributed by atoms with Gasteiger partial charge in [0.1, 0.15) is 5.75 Å². The van der Waals surface area contributed by atoms with Gasteiger partial charge in [-0.05, 0) is 54.1 Å². The monoisotopic (exact) mass is 382 g/mol. The Morgan fingerprint density at radius 1 is 0.966 bits per heavy atom. The SMILES string of the molecule is COc1ccc(C(=O)/C=C/C2=NN(c3ccccc3)C(c3ccccc3)C2)cc1. The molecule has 29 heavy (non-hydrogen) atoms. The van der Waals surface area contributed by atoms with Crippen LogP contribution < -0.4 is 9.75 Å². The predicted molar refractivity (Wildman–Crippen MR) is 117 cm³/mol. The highest BCUT2D eigenvalue weighted by molar-refractivity contribution is 6.09.